The zero-order chi connectivity index (χ0) is 21.8. The summed E-state index contributed by atoms with van der Waals surface area (Å²) < 4.78 is 6.29. The summed E-state index contributed by atoms with van der Waals surface area (Å²) in [5, 5.41) is 1.10. The van der Waals surface area contributed by atoms with Crippen molar-refractivity contribution in [3.05, 3.63) is 82.7 Å². The lowest BCUT2D eigenvalue weighted by Gasteiger charge is -2.11. The molecule has 0 spiro atoms. The Morgan fingerprint density at radius 1 is 0.871 bits per heavy atom. The van der Waals surface area contributed by atoms with E-state index >= 15 is 0 Å². The summed E-state index contributed by atoms with van der Waals surface area (Å²) in [5.74, 6) is 2.58. The van der Waals surface area contributed by atoms with E-state index in [4.69, 9.17) is 14.4 Å². The monoisotopic (exact) mass is 430 g/mol. The normalized spacial score (nSPS) is 13.3. The molecule has 160 valence electrons. The Bertz CT molecular complexity index is 1110. The molecule has 0 aliphatic heterocycles. The number of hydrogen-bond donors (Lipinski definition) is 0. The minimum atomic E-state index is 0.390. The molecular formula is C27H30N2OS. The topological polar surface area (TPSA) is 38.9 Å². The Morgan fingerprint density at radius 2 is 1.52 bits per heavy atom. The number of benzene rings is 2. The van der Waals surface area contributed by atoms with E-state index in [1.807, 2.05) is 35.6 Å². The summed E-state index contributed by atoms with van der Waals surface area (Å²) in [5.41, 5.74) is 4.48. The van der Waals surface area contributed by atoms with Crippen molar-refractivity contribution in [2.75, 3.05) is 0 Å². The van der Waals surface area contributed by atoms with Crippen LogP contribution in [-0.2, 0) is 6.42 Å². The number of oxazole rings is 1. The quantitative estimate of drug-likeness (QED) is 0.284. The second-order valence-electron chi connectivity index (χ2n) is 8.28. The highest BCUT2D eigenvalue weighted by Gasteiger charge is 2.21. The van der Waals surface area contributed by atoms with E-state index in [1.54, 1.807) is 0 Å². The molecule has 4 heteroatoms. The third-order valence-corrected chi connectivity index (χ3v) is 7.37. The average molecular weight is 431 g/mol. The van der Waals surface area contributed by atoms with E-state index in [2.05, 4.69) is 64.1 Å². The molecule has 2 heterocycles. The van der Waals surface area contributed by atoms with Gasteiger partial charge in [-0.1, -0.05) is 69.3 Å². The highest BCUT2D eigenvalue weighted by Crippen LogP contribution is 2.36. The number of hydrogen-bond acceptors (Lipinski definition) is 4. The van der Waals surface area contributed by atoms with Gasteiger partial charge < -0.3 is 4.42 Å². The first-order valence-corrected chi connectivity index (χ1v) is 12.0. The molecule has 3 nitrogen and oxygen atoms in total. The minimum Gasteiger partial charge on any atom is -0.441 e. The smallest absolute Gasteiger partial charge is 0.226 e. The first-order valence-electron chi connectivity index (χ1n) is 11.1. The van der Waals surface area contributed by atoms with Crippen LogP contribution in [0.3, 0.4) is 0 Å². The Morgan fingerprint density at radius 3 is 2.16 bits per heavy atom. The lowest BCUT2D eigenvalue weighted by atomic mass is 9.97. The number of aryl methyl sites for hydroxylation is 2. The van der Waals surface area contributed by atoms with Crippen LogP contribution >= 0.6 is 11.3 Å². The van der Waals surface area contributed by atoms with E-state index in [1.165, 1.54) is 10.4 Å². The van der Waals surface area contributed by atoms with Crippen molar-refractivity contribution in [1.29, 1.82) is 0 Å². The van der Waals surface area contributed by atoms with Gasteiger partial charge in [0, 0.05) is 28.3 Å². The molecule has 2 unspecified atom stereocenters. The summed E-state index contributed by atoms with van der Waals surface area (Å²) in [6, 6.07) is 20.6. The van der Waals surface area contributed by atoms with Gasteiger partial charge in [0.15, 0.2) is 0 Å². The summed E-state index contributed by atoms with van der Waals surface area (Å²) >= 11 is 1.82. The maximum absolute atomic E-state index is 6.29. The van der Waals surface area contributed by atoms with Crippen LogP contribution in [0.25, 0.3) is 22.0 Å². The lowest BCUT2D eigenvalue weighted by Crippen LogP contribution is -2.00. The van der Waals surface area contributed by atoms with Crippen molar-refractivity contribution >= 4 is 11.3 Å². The molecule has 0 amide bonds. The van der Waals surface area contributed by atoms with E-state index in [0.717, 1.165) is 52.9 Å². The third-order valence-electron chi connectivity index (χ3n) is 5.93. The molecule has 2 atom stereocenters. The Balaban J connectivity index is 1.53. The van der Waals surface area contributed by atoms with Crippen molar-refractivity contribution < 1.29 is 4.42 Å². The molecule has 0 N–H and O–H groups in total. The van der Waals surface area contributed by atoms with Gasteiger partial charge in [0.25, 0.3) is 0 Å². The molecular weight excluding hydrogens is 400 g/mol. The zero-order valence-corrected chi connectivity index (χ0v) is 19.6. The molecule has 0 saturated heterocycles. The second-order valence-corrected chi connectivity index (χ2v) is 9.31. The Hall–Kier alpha value is -2.72. The molecule has 4 rings (SSSR count). The van der Waals surface area contributed by atoms with E-state index in [0.29, 0.717) is 11.8 Å². The van der Waals surface area contributed by atoms with Crippen LogP contribution in [-0.4, -0.2) is 9.97 Å². The van der Waals surface area contributed by atoms with Gasteiger partial charge >= 0.3 is 0 Å². The fraction of sp³-hybridized carbons (Fsp3) is 0.333. The van der Waals surface area contributed by atoms with E-state index in [9.17, 15) is 0 Å². The maximum Gasteiger partial charge on any atom is 0.226 e. The summed E-state index contributed by atoms with van der Waals surface area (Å²) in [4.78, 5) is 11.1. The fourth-order valence-electron chi connectivity index (χ4n) is 3.87. The molecule has 31 heavy (non-hydrogen) atoms. The van der Waals surface area contributed by atoms with Crippen molar-refractivity contribution in [3.63, 3.8) is 0 Å². The zero-order valence-electron chi connectivity index (χ0n) is 18.8. The fourth-order valence-corrected chi connectivity index (χ4v) is 5.03. The Kier molecular flexibility index (Phi) is 6.67. The third kappa shape index (κ3) is 4.80. The number of rotatable bonds is 8. The summed E-state index contributed by atoms with van der Waals surface area (Å²) in [7, 11) is 0. The second kappa shape index (κ2) is 9.61. The van der Waals surface area contributed by atoms with Gasteiger partial charge in [0.05, 0.1) is 11.4 Å². The molecule has 2 aromatic carbocycles. The van der Waals surface area contributed by atoms with Crippen LogP contribution in [0.4, 0.5) is 0 Å². The first kappa shape index (κ1) is 21.5. The lowest BCUT2D eigenvalue weighted by molar-refractivity contribution is 0.491. The van der Waals surface area contributed by atoms with Crippen LogP contribution < -0.4 is 0 Å². The summed E-state index contributed by atoms with van der Waals surface area (Å²) in [6.45, 7) is 8.87. The van der Waals surface area contributed by atoms with Crippen LogP contribution in [0.15, 0.2) is 65.1 Å². The molecule has 0 fully saturated rings. The average Bonchev–Trinajstić information content (AvgIpc) is 3.42. The molecule has 0 radical (unpaired) electrons. The van der Waals surface area contributed by atoms with Crippen molar-refractivity contribution in [2.24, 2.45) is 0 Å². The van der Waals surface area contributed by atoms with E-state index in [-0.39, 0.29) is 0 Å². The highest BCUT2D eigenvalue weighted by molar-refractivity contribution is 7.15. The van der Waals surface area contributed by atoms with Gasteiger partial charge in [0.1, 0.15) is 10.8 Å². The van der Waals surface area contributed by atoms with Crippen molar-refractivity contribution in [1.82, 2.24) is 9.97 Å². The SMILES string of the molecule is CCC(C)c1nc(-c2ccccc2)oc1CCC(C)c1sc(-c2ccccc2)nc1C. The summed E-state index contributed by atoms with van der Waals surface area (Å²) in [6.07, 6.45) is 2.96. The first-order chi connectivity index (χ1) is 15.1. The predicted octanol–water partition coefficient (Wildman–Crippen LogP) is 8.02. The molecule has 2 aromatic heterocycles. The van der Waals surface area contributed by atoms with Gasteiger partial charge in [-0.25, -0.2) is 9.97 Å². The molecule has 0 aliphatic rings. The van der Waals surface area contributed by atoms with E-state index < -0.39 is 0 Å². The number of aromatic nitrogens is 2. The van der Waals surface area contributed by atoms with Gasteiger partial charge in [-0.05, 0) is 37.8 Å². The Labute approximate surface area is 189 Å². The van der Waals surface area contributed by atoms with Gasteiger partial charge in [-0.15, -0.1) is 11.3 Å². The number of thiazole rings is 1. The van der Waals surface area contributed by atoms with Gasteiger partial charge in [0.2, 0.25) is 5.89 Å². The minimum absolute atomic E-state index is 0.390. The maximum atomic E-state index is 6.29. The number of nitrogens with zero attached hydrogens (tertiary/aromatic N) is 2. The predicted molar refractivity (Wildman–Crippen MR) is 130 cm³/mol. The molecule has 0 bridgehead atoms. The largest absolute Gasteiger partial charge is 0.441 e. The van der Waals surface area contributed by atoms with Crippen molar-refractivity contribution in [3.8, 4) is 22.0 Å². The molecule has 0 aliphatic carbocycles. The van der Waals surface area contributed by atoms with Gasteiger partial charge in [-0.3, -0.25) is 0 Å². The van der Waals surface area contributed by atoms with Crippen molar-refractivity contribution in [2.45, 2.75) is 58.8 Å². The standard InChI is InChI=1S/C27H30N2OS/c1-5-18(2)24-23(30-26(29-24)21-12-8-6-9-13-21)17-16-19(3)25-20(4)28-27(31-25)22-14-10-7-11-15-22/h6-15,18-19H,5,16-17H2,1-4H3. The molecule has 0 saturated carbocycles. The van der Waals surface area contributed by atoms with Crippen LogP contribution in [0.5, 0.6) is 0 Å². The van der Waals surface area contributed by atoms with Crippen LogP contribution in [0.2, 0.25) is 0 Å². The molecule has 4 aromatic rings. The van der Waals surface area contributed by atoms with Crippen LogP contribution in [0.1, 0.15) is 67.5 Å². The highest BCUT2D eigenvalue weighted by atomic mass is 32.1. The van der Waals surface area contributed by atoms with Crippen LogP contribution in [0, 0.1) is 6.92 Å². The van der Waals surface area contributed by atoms with Gasteiger partial charge in [-0.2, -0.15) is 0 Å².